The molecule has 36 heavy (non-hydrogen) atoms. The summed E-state index contributed by atoms with van der Waals surface area (Å²) in [4.78, 5) is 22.7. The molecule has 3 aromatic carbocycles. The number of carbonyl (C=O) groups is 1. The highest BCUT2D eigenvalue weighted by molar-refractivity contribution is 5.84. The number of aliphatic hydroxyl groups is 2. The number of amides is 1. The molecule has 10 nitrogen and oxygen atoms in total. The maximum absolute atomic E-state index is 12.3. The summed E-state index contributed by atoms with van der Waals surface area (Å²) in [5, 5.41) is 41.6. The van der Waals surface area contributed by atoms with E-state index in [4.69, 9.17) is 4.74 Å². The number of nitro benzene ring substituents is 1. The number of fused-ring (bicyclic) bond motifs is 4. The minimum atomic E-state index is -1.32. The summed E-state index contributed by atoms with van der Waals surface area (Å²) >= 11 is 0. The van der Waals surface area contributed by atoms with E-state index in [0.717, 1.165) is 22.3 Å². The van der Waals surface area contributed by atoms with E-state index in [2.05, 4.69) is 27.6 Å². The number of aliphatic hydroxyl groups excluding tert-OH is 2. The van der Waals surface area contributed by atoms with Gasteiger partial charge in [-0.1, -0.05) is 48.5 Å². The number of nitro groups is 1. The molecule has 5 rings (SSSR count). The number of non-ortho nitro benzene ring substituents is 1. The van der Waals surface area contributed by atoms with Crippen LogP contribution in [0.25, 0.3) is 22.0 Å². The SMILES string of the molecule is O=C(NCCC(O)C(O)c1[nH]nc2cc([N+](=O)[O-])ccc12)OCC1c2ccccc2-c2ccccc21. The van der Waals surface area contributed by atoms with Gasteiger partial charge in [-0.15, -0.1) is 0 Å². The Morgan fingerprint density at radius 1 is 1.08 bits per heavy atom. The topological polar surface area (TPSA) is 151 Å². The maximum atomic E-state index is 12.3. The van der Waals surface area contributed by atoms with E-state index in [1.165, 1.54) is 18.2 Å². The Bertz CT molecular complexity index is 1390. The van der Waals surface area contributed by atoms with Crippen LogP contribution in [-0.4, -0.2) is 50.7 Å². The van der Waals surface area contributed by atoms with Crippen molar-refractivity contribution in [1.29, 1.82) is 0 Å². The van der Waals surface area contributed by atoms with Crippen LogP contribution in [0.5, 0.6) is 0 Å². The average molecular weight is 489 g/mol. The first-order chi connectivity index (χ1) is 17.4. The Kier molecular flexibility index (Phi) is 6.36. The highest BCUT2D eigenvalue weighted by Crippen LogP contribution is 2.44. The molecular formula is C26H24N4O6. The zero-order valence-corrected chi connectivity index (χ0v) is 19.1. The minimum absolute atomic E-state index is 0.0544. The lowest BCUT2D eigenvalue weighted by atomic mass is 9.98. The average Bonchev–Trinajstić information content (AvgIpc) is 3.45. The number of ether oxygens (including phenoxy) is 1. The van der Waals surface area contributed by atoms with Gasteiger partial charge in [-0.05, 0) is 34.7 Å². The van der Waals surface area contributed by atoms with Gasteiger partial charge in [-0.2, -0.15) is 5.10 Å². The molecule has 0 saturated heterocycles. The Morgan fingerprint density at radius 3 is 2.42 bits per heavy atom. The van der Waals surface area contributed by atoms with Crippen molar-refractivity contribution in [1.82, 2.24) is 15.5 Å². The lowest BCUT2D eigenvalue weighted by Crippen LogP contribution is -2.30. The second-order valence-corrected chi connectivity index (χ2v) is 8.65. The van der Waals surface area contributed by atoms with Gasteiger partial charge in [0.1, 0.15) is 12.7 Å². The fourth-order valence-electron chi connectivity index (χ4n) is 4.68. The molecule has 0 radical (unpaired) electrons. The number of hydrogen-bond acceptors (Lipinski definition) is 7. The number of carbonyl (C=O) groups excluding carboxylic acids is 1. The quantitative estimate of drug-likeness (QED) is 0.218. The van der Waals surface area contributed by atoms with E-state index in [1.54, 1.807) is 0 Å². The molecule has 0 spiro atoms. The summed E-state index contributed by atoms with van der Waals surface area (Å²) in [5.74, 6) is -0.0555. The Balaban J connectivity index is 1.14. The van der Waals surface area contributed by atoms with E-state index in [1.807, 2.05) is 36.4 Å². The van der Waals surface area contributed by atoms with E-state index in [0.29, 0.717) is 10.9 Å². The fraction of sp³-hybridized carbons (Fsp3) is 0.231. The van der Waals surface area contributed by atoms with Crippen LogP contribution in [-0.2, 0) is 4.74 Å². The Labute approximate surface area is 205 Å². The molecule has 2 unspecified atom stereocenters. The first-order valence-corrected chi connectivity index (χ1v) is 11.5. The van der Waals surface area contributed by atoms with Gasteiger partial charge in [0.2, 0.25) is 0 Å². The molecule has 1 aromatic heterocycles. The number of aromatic nitrogens is 2. The van der Waals surface area contributed by atoms with Crippen molar-refractivity contribution < 1.29 is 24.7 Å². The molecule has 0 aliphatic heterocycles. The van der Waals surface area contributed by atoms with Gasteiger partial charge in [0, 0.05) is 30.0 Å². The minimum Gasteiger partial charge on any atom is -0.449 e. The van der Waals surface area contributed by atoms with Crippen molar-refractivity contribution in [3.63, 3.8) is 0 Å². The summed E-state index contributed by atoms with van der Waals surface area (Å²) in [6, 6.07) is 20.2. The Hall–Kier alpha value is -4.28. The van der Waals surface area contributed by atoms with Crippen molar-refractivity contribution in [2.24, 2.45) is 0 Å². The predicted octanol–water partition coefficient (Wildman–Crippen LogP) is 3.79. The van der Waals surface area contributed by atoms with Gasteiger partial charge in [0.25, 0.3) is 5.69 Å². The predicted molar refractivity (Wildman–Crippen MR) is 131 cm³/mol. The van der Waals surface area contributed by atoms with Gasteiger partial charge in [-0.25, -0.2) is 4.79 Å². The van der Waals surface area contributed by atoms with Crippen LogP contribution >= 0.6 is 0 Å². The molecule has 10 heteroatoms. The molecule has 0 saturated carbocycles. The Morgan fingerprint density at radius 2 is 1.75 bits per heavy atom. The summed E-state index contributed by atoms with van der Waals surface area (Å²) < 4.78 is 5.48. The smallest absolute Gasteiger partial charge is 0.407 e. The van der Waals surface area contributed by atoms with Crippen LogP contribution < -0.4 is 5.32 Å². The second-order valence-electron chi connectivity index (χ2n) is 8.65. The van der Waals surface area contributed by atoms with Gasteiger partial charge in [-0.3, -0.25) is 15.2 Å². The normalized spacial score (nSPS) is 14.2. The largest absolute Gasteiger partial charge is 0.449 e. The zero-order valence-electron chi connectivity index (χ0n) is 19.1. The number of hydrogen-bond donors (Lipinski definition) is 4. The molecule has 4 aromatic rings. The van der Waals surface area contributed by atoms with Crippen LogP contribution in [0, 0.1) is 10.1 Å². The molecule has 4 N–H and O–H groups in total. The number of aromatic amines is 1. The second kappa shape index (κ2) is 9.76. The van der Waals surface area contributed by atoms with Crippen molar-refractivity contribution >= 4 is 22.7 Å². The third kappa shape index (κ3) is 4.39. The number of rotatable bonds is 8. The number of benzene rings is 3. The van der Waals surface area contributed by atoms with E-state index in [-0.39, 0.29) is 36.9 Å². The molecule has 1 heterocycles. The van der Waals surface area contributed by atoms with Crippen molar-refractivity contribution in [2.45, 2.75) is 24.5 Å². The summed E-state index contributed by atoms with van der Waals surface area (Å²) in [5.41, 5.74) is 4.93. The molecule has 184 valence electrons. The van der Waals surface area contributed by atoms with Crippen LogP contribution in [0.1, 0.15) is 35.3 Å². The van der Waals surface area contributed by atoms with E-state index < -0.39 is 23.2 Å². The summed E-state index contributed by atoms with van der Waals surface area (Å²) in [6.45, 7) is 0.254. The molecule has 0 bridgehead atoms. The zero-order chi connectivity index (χ0) is 25.2. The molecule has 0 fully saturated rings. The third-order valence-electron chi connectivity index (χ3n) is 6.49. The van der Waals surface area contributed by atoms with Crippen LogP contribution in [0.4, 0.5) is 10.5 Å². The van der Waals surface area contributed by atoms with Crippen molar-refractivity contribution in [2.75, 3.05) is 13.2 Å². The lowest BCUT2D eigenvalue weighted by Gasteiger charge is -2.18. The lowest BCUT2D eigenvalue weighted by molar-refractivity contribution is -0.384. The number of nitrogens with zero attached hydrogens (tertiary/aromatic N) is 2. The number of nitrogens with one attached hydrogen (secondary N) is 2. The first-order valence-electron chi connectivity index (χ1n) is 11.5. The molecular weight excluding hydrogens is 464 g/mol. The highest BCUT2D eigenvalue weighted by atomic mass is 16.6. The number of alkyl carbamates (subject to hydrolysis) is 1. The third-order valence-corrected chi connectivity index (χ3v) is 6.49. The summed E-state index contributed by atoms with van der Waals surface area (Å²) in [7, 11) is 0. The molecule has 1 aliphatic rings. The highest BCUT2D eigenvalue weighted by Gasteiger charge is 2.29. The van der Waals surface area contributed by atoms with Crippen LogP contribution in [0.2, 0.25) is 0 Å². The van der Waals surface area contributed by atoms with Gasteiger partial charge >= 0.3 is 6.09 Å². The molecule has 2 atom stereocenters. The van der Waals surface area contributed by atoms with Crippen LogP contribution in [0.3, 0.4) is 0 Å². The molecule has 1 amide bonds. The van der Waals surface area contributed by atoms with E-state index in [9.17, 15) is 25.1 Å². The number of H-pyrrole nitrogens is 1. The van der Waals surface area contributed by atoms with Crippen LogP contribution in [0.15, 0.2) is 66.7 Å². The van der Waals surface area contributed by atoms with Gasteiger partial charge in [0.15, 0.2) is 0 Å². The summed E-state index contributed by atoms with van der Waals surface area (Å²) in [6.07, 6.45) is -3.09. The first kappa shape index (κ1) is 23.5. The van der Waals surface area contributed by atoms with Gasteiger partial charge in [0.05, 0.1) is 22.2 Å². The van der Waals surface area contributed by atoms with Crippen molar-refractivity contribution in [3.05, 3.63) is 93.7 Å². The molecule has 1 aliphatic carbocycles. The fourth-order valence-corrected chi connectivity index (χ4v) is 4.68. The van der Waals surface area contributed by atoms with E-state index >= 15 is 0 Å². The van der Waals surface area contributed by atoms with Gasteiger partial charge < -0.3 is 20.3 Å². The maximum Gasteiger partial charge on any atom is 0.407 e. The standard InChI is InChI=1S/C26H24N4O6/c31-23(25(32)24-20-10-9-15(30(34)35)13-22(20)28-29-24)11-12-27-26(33)36-14-21-18-7-3-1-5-16(18)17-6-2-4-8-19(17)21/h1-10,13,21,23,25,31-32H,11-12,14H2,(H,27,33)(H,28,29). The monoisotopic (exact) mass is 488 g/mol. The van der Waals surface area contributed by atoms with Crippen molar-refractivity contribution in [3.8, 4) is 11.1 Å².